The van der Waals surface area contributed by atoms with E-state index in [-0.39, 0.29) is 29.7 Å². The highest BCUT2D eigenvalue weighted by molar-refractivity contribution is 6.13. The van der Waals surface area contributed by atoms with E-state index in [4.69, 9.17) is 0 Å². The van der Waals surface area contributed by atoms with Crippen molar-refractivity contribution in [1.82, 2.24) is 9.88 Å². The maximum atomic E-state index is 13.8. The Morgan fingerprint density at radius 1 is 1.12 bits per heavy atom. The van der Waals surface area contributed by atoms with E-state index in [1.165, 1.54) is 4.90 Å². The molecule has 0 aliphatic carbocycles. The monoisotopic (exact) mass is 431 g/mol. The number of fused-ring (bicyclic) bond motifs is 7. The largest absolute Gasteiger partial charge is 0.351 e. The van der Waals surface area contributed by atoms with Crippen LogP contribution in [-0.2, 0) is 14.4 Å². The number of hydrogen-bond donors (Lipinski definition) is 0. The summed E-state index contributed by atoms with van der Waals surface area (Å²) in [7, 11) is 0. The van der Waals surface area contributed by atoms with E-state index in [9.17, 15) is 14.4 Å². The van der Waals surface area contributed by atoms with Crippen LogP contribution < -0.4 is 4.90 Å². The maximum Gasteiger partial charge on any atom is 0.235 e. The molecule has 0 unspecified atom stereocenters. The molecule has 6 nitrogen and oxygen atoms in total. The third-order valence-corrected chi connectivity index (χ3v) is 7.31. The van der Waals surface area contributed by atoms with Gasteiger partial charge in [0.1, 0.15) is 6.04 Å². The van der Waals surface area contributed by atoms with Gasteiger partial charge in [-0.15, -0.1) is 0 Å². The van der Waals surface area contributed by atoms with Gasteiger partial charge in [-0.25, -0.2) is 0 Å². The molecule has 166 valence electrons. The minimum Gasteiger partial charge on any atom is -0.351 e. The highest BCUT2D eigenvalue weighted by Gasteiger charge is 2.65. The fourth-order valence-corrected chi connectivity index (χ4v) is 5.56. The molecule has 2 aromatic rings. The number of imide groups is 1. The standard InChI is InChI=1S/C26H29N3O3/c1-6-14(2)28-24(31)18-17-12-11-16-10-9-15-8-7-13-27-20(15)21(16)29(17)22(19(18)25(28)32)23(30)26(3,4)5/h7-14,17-19,22H,6H2,1-5H3/t14-,17+,18+,19+,22+/m0/s1. The Morgan fingerprint density at radius 2 is 1.84 bits per heavy atom. The zero-order chi connectivity index (χ0) is 22.9. The van der Waals surface area contributed by atoms with Crippen LogP contribution in [0.4, 0.5) is 5.69 Å². The molecule has 2 fully saturated rings. The fraction of sp³-hybridized carbons (Fsp3) is 0.462. The molecule has 3 aliphatic heterocycles. The highest BCUT2D eigenvalue weighted by Crippen LogP contribution is 2.51. The van der Waals surface area contributed by atoms with Crippen LogP contribution in [0.15, 0.2) is 36.5 Å². The van der Waals surface area contributed by atoms with Crippen molar-refractivity contribution in [3.8, 4) is 0 Å². The smallest absolute Gasteiger partial charge is 0.235 e. The Balaban J connectivity index is 1.74. The third-order valence-electron chi connectivity index (χ3n) is 7.31. The molecule has 2 saturated heterocycles. The zero-order valence-corrected chi connectivity index (χ0v) is 19.2. The third kappa shape index (κ3) is 2.71. The molecule has 1 aromatic heterocycles. The van der Waals surface area contributed by atoms with Gasteiger partial charge in [0, 0.05) is 23.0 Å². The van der Waals surface area contributed by atoms with Crippen molar-refractivity contribution < 1.29 is 14.4 Å². The molecule has 32 heavy (non-hydrogen) atoms. The number of likely N-dealkylation sites (tertiary alicyclic amines) is 1. The molecule has 2 amide bonds. The van der Waals surface area contributed by atoms with Gasteiger partial charge in [0.05, 0.1) is 29.1 Å². The molecule has 0 radical (unpaired) electrons. The summed E-state index contributed by atoms with van der Waals surface area (Å²) in [6.07, 6.45) is 6.44. The van der Waals surface area contributed by atoms with Crippen LogP contribution in [0.5, 0.6) is 0 Å². The fourth-order valence-electron chi connectivity index (χ4n) is 5.56. The second-order valence-electron chi connectivity index (χ2n) is 10.2. The molecule has 1 aromatic carbocycles. The number of rotatable bonds is 3. The van der Waals surface area contributed by atoms with E-state index >= 15 is 0 Å². The maximum absolute atomic E-state index is 13.8. The van der Waals surface area contributed by atoms with Crippen LogP contribution in [0.3, 0.4) is 0 Å². The number of anilines is 1. The van der Waals surface area contributed by atoms with Gasteiger partial charge in [0.2, 0.25) is 11.8 Å². The quantitative estimate of drug-likeness (QED) is 0.691. The Hall–Kier alpha value is -3.02. The van der Waals surface area contributed by atoms with Crippen LogP contribution in [0.1, 0.15) is 46.6 Å². The summed E-state index contributed by atoms with van der Waals surface area (Å²) in [5.74, 6) is -1.63. The van der Waals surface area contributed by atoms with Gasteiger partial charge in [-0.1, -0.05) is 58.0 Å². The van der Waals surface area contributed by atoms with E-state index in [2.05, 4.69) is 4.98 Å². The molecule has 5 atom stereocenters. The number of hydrogen-bond acceptors (Lipinski definition) is 5. The summed E-state index contributed by atoms with van der Waals surface area (Å²) in [5, 5.41) is 0.971. The molecular weight excluding hydrogens is 402 g/mol. The molecule has 6 heteroatoms. The van der Waals surface area contributed by atoms with Crippen molar-refractivity contribution in [2.24, 2.45) is 17.3 Å². The number of pyridine rings is 1. The van der Waals surface area contributed by atoms with Crippen molar-refractivity contribution in [3.05, 3.63) is 42.1 Å². The van der Waals surface area contributed by atoms with Crippen LogP contribution >= 0.6 is 0 Å². The molecular formula is C26H29N3O3. The summed E-state index contributed by atoms with van der Waals surface area (Å²) in [5.41, 5.74) is 1.95. The lowest BCUT2D eigenvalue weighted by Crippen LogP contribution is -2.52. The van der Waals surface area contributed by atoms with Crippen molar-refractivity contribution in [2.75, 3.05) is 4.90 Å². The lowest BCUT2D eigenvalue weighted by Gasteiger charge is -2.39. The first kappa shape index (κ1) is 20.9. The molecule has 4 heterocycles. The number of carbonyl (C=O) groups is 3. The van der Waals surface area contributed by atoms with Gasteiger partial charge in [-0.05, 0) is 25.0 Å². The van der Waals surface area contributed by atoms with Crippen molar-refractivity contribution >= 4 is 40.3 Å². The minimum atomic E-state index is -0.702. The van der Waals surface area contributed by atoms with E-state index in [1.807, 2.05) is 75.9 Å². The number of benzene rings is 1. The number of carbonyl (C=O) groups excluding carboxylic acids is 3. The Labute approximate surface area is 188 Å². The molecule has 0 saturated carbocycles. The number of amides is 2. The van der Waals surface area contributed by atoms with Gasteiger partial charge < -0.3 is 4.90 Å². The first-order valence-electron chi connectivity index (χ1n) is 11.4. The summed E-state index contributed by atoms with van der Waals surface area (Å²) < 4.78 is 0. The predicted molar refractivity (Wildman–Crippen MR) is 124 cm³/mol. The molecule has 0 bridgehead atoms. The Kier molecular flexibility index (Phi) is 4.56. The predicted octanol–water partition coefficient (Wildman–Crippen LogP) is 3.83. The summed E-state index contributed by atoms with van der Waals surface area (Å²) in [4.78, 5) is 49.1. The number of aromatic nitrogens is 1. The van der Waals surface area contributed by atoms with Gasteiger partial charge in [0.25, 0.3) is 0 Å². The van der Waals surface area contributed by atoms with Crippen LogP contribution in [0.25, 0.3) is 17.0 Å². The van der Waals surface area contributed by atoms with Crippen molar-refractivity contribution in [2.45, 2.75) is 59.2 Å². The van der Waals surface area contributed by atoms with E-state index in [1.54, 1.807) is 6.20 Å². The van der Waals surface area contributed by atoms with Crippen molar-refractivity contribution in [1.29, 1.82) is 0 Å². The second kappa shape index (κ2) is 6.99. The van der Waals surface area contributed by atoms with Crippen LogP contribution in [0.2, 0.25) is 0 Å². The Morgan fingerprint density at radius 3 is 2.53 bits per heavy atom. The Bertz CT molecular complexity index is 1180. The highest BCUT2D eigenvalue weighted by atomic mass is 16.2. The van der Waals surface area contributed by atoms with E-state index in [0.717, 1.165) is 22.2 Å². The van der Waals surface area contributed by atoms with Crippen LogP contribution in [-0.4, -0.2) is 45.6 Å². The molecule has 3 aliphatic rings. The minimum absolute atomic E-state index is 0.0173. The topological polar surface area (TPSA) is 70.6 Å². The van der Waals surface area contributed by atoms with Gasteiger partial charge >= 0.3 is 0 Å². The first-order chi connectivity index (χ1) is 15.2. The first-order valence-corrected chi connectivity index (χ1v) is 11.4. The lowest BCUT2D eigenvalue weighted by atomic mass is 9.79. The molecule has 0 spiro atoms. The van der Waals surface area contributed by atoms with Gasteiger partial charge in [0.15, 0.2) is 5.78 Å². The number of Topliss-reactive ketones (excluding diaryl/α,β-unsaturated/α-hetero) is 1. The average Bonchev–Trinajstić information content (AvgIpc) is 3.24. The second-order valence-corrected chi connectivity index (χ2v) is 10.2. The van der Waals surface area contributed by atoms with Crippen LogP contribution in [0, 0.1) is 17.3 Å². The molecule has 0 N–H and O–H groups in total. The number of ketones is 1. The summed E-state index contributed by atoms with van der Waals surface area (Å²) in [6.45, 7) is 9.52. The normalized spacial score (nSPS) is 27.5. The van der Waals surface area contributed by atoms with E-state index < -0.39 is 23.3 Å². The SMILES string of the molecule is CC[C@H](C)N1C(=O)[C@@H]2[C@H](C1=O)[C@H]1C=Cc3ccc4cccnc4c3N1[C@H]2C(=O)C(C)(C)C. The van der Waals surface area contributed by atoms with E-state index in [0.29, 0.717) is 6.42 Å². The molecule has 5 rings (SSSR count). The van der Waals surface area contributed by atoms with Crippen molar-refractivity contribution in [3.63, 3.8) is 0 Å². The lowest BCUT2D eigenvalue weighted by molar-refractivity contribution is -0.144. The summed E-state index contributed by atoms with van der Waals surface area (Å²) >= 11 is 0. The number of nitrogens with zero attached hydrogens (tertiary/aromatic N) is 3. The zero-order valence-electron chi connectivity index (χ0n) is 19.2. The summed E-state index contributed by atoms with van der Waals surface area (Å²) in [6, 6.07) is 6.70. The van der Waals surface area contributed by atoms with Gasteiger partial charge in [-0.3, -0.25) is 24.3 Å². The average molecular weight is 432 g/mol. The van der Waals surface area contributed by atoms with Gasteiger partial charge in [-0.2, -0.15) is 0 Å².